The average Bonchev–Trinajstić information content (AvgIpc) is 2.32. The summed E-state index contributed by atoms with van der Waals surface area (Å²) in [4.78, 5) is 11.0. The van der Waals surface area contributed by atoms with Crippen molar-refractivity contribution in [1.29, 1.82) is 0 Å². The van der Waals surface area contributed by atoms with Crippen molar-refractivity contribution in [2.75, 3.05) is 6.54 Å². The Morgan fingerprint density at radius 2 is 2.06 bits per heavy atom. The molecule has 0 bridgehead atoms. The van der Waals surface area contributed by atoms with Gasteiger partial charge in [-0.1, -0.05) is 12.1 Å². The fraction of sp³-hybridized carbons (Fsp3) is 0.364. The number of nitrogens with one attached hydrogen (secondary N) is 2. The van der Waals surface area contributed by atoms with Crippen LogP contribution in [-0.4, -0.2) is 26.9 Å². The summed E-state index contributed by atoms with van der Waals surface area (Å²) in [5, 5.41) is 2.56. The maximum Gasteiger partial charge on any atom is 0.244 e. The van der Waals surface area contributed by atoms with Crippen molar-refractivity contribution < 1.29 is 17.6 Å². The molecule has 0 aromatic heterocycles. The Morgan fingerprint density at radius 3 is 2.72 bits per heavy atom. The van der Waals surface area contributed by atoms with Crippen LogP contribution in [0.3, 0.4) is 0 Å². The molecular weight excluding hydrogens is 259 g/mol. The molecule has 0 radical (unpaired) electrons. The van der Waals surface area contributed by atoms with Crippen molar-refractivity contribution in [1.82, 2.24) is 10.0 Å². The maximum atomic E-state index is 13.4. The van der Waals surface area contributed by atoms with E-state index in [-0.39, 0.29) is 5.91 Å². The van der Waals surface area contributed by atoms with Crippen LogP contribution >= 0.6 is 0 Å². The van der Waals surface area contributed by atoms with E-state index in [2.05, 4.69) is 10.0 Å². The van der Waals surface area contributed by atoms with Gasteiger partial charge in [0.25, 0.3) is 0 Å². The molecule has 1 saturated heterocycles. The van der Waals surface area contributed by atoms with Gasteiger partial charge < -0.3 is 5.32 Å². The average molecular weight is 272 g/mol. The molecule has 0 saturated carbocycles. The number of hydrogen-bond acceptors (Lipinski definition) is 3. The molecule has 1 aliphatic heterocycles. The number of amides is 1. The minimum Gasteiger partial charge on any atom is -0.355 e. The van der Waals surface area contributed by atoms with Gasteiger partial charge in [0.2, 0.25) is 15.9 Å². The third kappa shape index (κ3) is 2.68. The molecular formula is C11H13FN2O3S. The number of carbonyl (C=O) groups is 1. The van der Waals surface area contributed by atoms with Crippen molar-refractivity contribution in [2.24, 2.45) is 0 Å². The molecule has 7 heteroatoms. The van der Waals surface area contributed by atoms with Gasteiger partial charge in [-0.25, -0.2) is 12.8 Å². The highest BCUT2D eigenvalue weighted by Gasteiger charge is 2.28. The number of sulfonamides is 1. The van der Waals surface area contributed by atoms with E-state index in [9.17, 15) is 17.6 Å². The number of piperidine rings is 1. The fourth-order valence-electron chi connectivity index (χ4n) is 1.80. The highest BCUT2D eigenvalue weighted by Crippen LogP contribution is 2.15. The van der Waals surface area contributed by atoms with E-state index in [0.717, 1.165) is 6.07 Å². The third-order valence-electron chi connectivity index (χ3n) is 2.71. The van der Waals surface area contributed by atoms with Gasteiger partial charge in [-0.2, -0.15) is 4.72 Å². The highest BCUT2D eigenvalue weighted by molar-refractivity contribution is 7.89. The lowest BCUT2D eigenvalue weighted by Gasteiger charge is -2.22. The zero-order valence-electron chi connectivity index (χ0n) is 9.52. The summed E-state index contributed by atoms with van der Waals surface area (Å²) in [6.45, 7) is 0.538. The van der Waals surface area contributed by atoms with Crippen molar-refractivity contribution in [3.05, 3.63) is 30.1 Å². The molecule has 2 N–H and O–H groups in total. The zero-order valence-corrected chi connectivity index (χ0v) is 10.3. The summed E-state index contributed by atoms with van der Waals surface area (Å²) in [6.07, 6.45) is 1.11. The molecule has 1 fully saturated rings. The monoisotopic (exact) mass is 272 g/mol. The van der Waals surface area contributed by atoms with Crippen LogP contribution in [0.5, 0.6) is 0 Å². The smallest absolute Gasteiger partial charge is 0.244 e. The Kier molecular flexibility index (Phi) is 3.63. The summed E-state index contributed by atoms with van der Waals surface area (Å²) in [5.74, 6) is -1.21. The van der Waals surface area contributed by atoms with Gasteiger partial charge in [0.1, 0.15) is 16.8 Å². The molecule has 1 heterocycles. The molecule has 1 amide bonds. The summed E-state index contributed by atoms with van der Waals surface area (Å²) in [5.41, 5.74) is 0. The van der Waals surface area contributed by atoms with Gasteiger partial charge in [-0.05, 0) is 25.0 Å². The summed E-state index contributed by atoms with van der Waals surface area (Å²) in [7, 11) is -4.01. The zero-order chi connectivity index (χ0) is 13.2. The van der Waals surface area contributed by atoms with Crippen molar-refractivity contribution in [3.63, 3.8) is 0 Å². The molecule has 1 aliphatic rings. The molecule has 5 nitrogen and oxygen atoms in total. The van der Waals surface area contributed by atoms with Crippen LogP contribution in [-0.2, 0) is 14.8 Å². The van der Waals surface area contributed by atoms with E-state index in [1.807, 2.05) is 0 Å². The minimum atomic E-state index is -4.01. The second kappa shape index (κ2) is 5.03. The number of carbonyl (C=O) groups excluding carboxylic acids is 1. The normalized spacial score (nSPS) is 20.5. The molecule has 1 unspecified atom stereocenters. The van der Waals surface area contributed by atoms with Gasteiger partial charge >= 0.3 is 0 Å². The van der Waals surface area contributed by atoms with Crippen LogP contribution in [0.2, 0.25) is 0 Å². The quantitative estimate of drug-likeness (QED) is 0.835. The Bertz CT molecular complexity index is 559. The largest absolute Gasteiger partial charge is 0.355 e. The Hall–Kier alpha value is -1.47. The van der Waals surface area contributed by atoms with E-state index in [1.165, 1.54) is 18.2 Å². The first-order chi connectivity index (χ1) is 8.50. The van der Waals surface area contributed by atoms with Gasteiger partial charge in [0.05, 0.1) is 0 Å². The second-order valence-corrected chi connectivity index (χ2v) is 5.72. The first-order valence-corrected chi connectivity index (χ1v) is 7.03. The molecule has 0 aliphatic carbocycles. The van der Waals surface area contributed by atoms with Crippen LogP contribution in [0, 0.1) is 5.82 Å². The standard InChI is InChI=1S/C11H13FN2O3S/c12-8-4-1-2-6-10(8)18(16,17)14-9-5-3-7-13-11(9)15/h1-2,4,6,9,14H,3,5,7H2,(H,13,15). The Balaban J connectivity index is 2.22. The first kappa shape index (κ1) is 13.0. The van der Waals surface area contributed by atoms with Gasteiger partial charge in [-0.15, -0.1) is 0 Å². The highest BCUT2D eigenvalue weighted by atomic mass is 32.2. The van der Waals surface area contributed by atoms with E-state index in [1.54, 1.807) is 0 Å². The predicted octanol–water partition coefficient (Wildman–Crippen LogP) is 0.383. The van der Waals surface area contributed by atoms with Crippen molar-refractivity contribution in [2.45, 2.75) is 23.8 Å². The van der Waals surface area contributed by atoms with Crippen LogP contribution in [0.25, 0.3) is 0 Å². The topological polar surface area (TPSA) is 75.3 Å². The van der Waals surface area contributed by atoms with E-state index in [4.69, 9.17) is 0 Å². The lowest BCUT2D eigenvalue weighted by Crippen LogP contribution is -2.50. The number of halogens is 1. The SMILES string of the molecule is O=C1NCCCC1NS(=O)(=O)c1ccccc1F. The Labute approximate surface area is 104 Å². The molecule has 1 atom stereocenters. The van der Waals surface area contributed by atoms with Crippen LogP contribution in [0.4, 0.5) is 4.39 Å². The number of hydrogen-bond donors (Lipinski definition) is 2. The van der Waals surface area contributed by atoms with Crippen LogP contribution in [0.1, 0.15) is 12.8 Å². The minimum absolute atomic E-state index is 0.374. The summed E-state index contributed by atoms with van der Waals surface area (Å²) in [6, 6.07) is 4.23. The summed E-state index contributed by atoms with van der Waals surface area (Å²) < 4.78 is 39.5. The van der Waals surface area contributed by atoms with Crippen molar-refractivity contribution >= 4 is 15.9 Å². The van der Waals surface area contributed by atoms with Crippen LogP contribution in [0.15, 0.2) is 29.2 Å². The second-order valence-electron chi connectivity index (χ2n) is 4.04. The van der Waals surface area contributed by atoms with Gasteiger partial charge in [-0.3, -0.25) is 4.79 Å². The lowest BCUT2D eigenvalue weighted by atomic mass is 10.1. The fourth-order valence-corrected chi connectivity index (χ4v) is 3.11. The van der Waals surface area contributed by atoms with E-state index < -0.39 is 26.8 Å². The molecule has 18 heavy (non-hydrogen) atoms. The molecule has 2 rings (SSSR count). The van der Waals surface area contributed by atoms with Gasteiger partial charge in [0, 0.05) is 6.54 Å². The number of rotatable bonds is 3. The third-order valence-corrected chi connectivity index (χ3v) is 4.21. The van der Waals surface area contributed by atoms with E-state index >= 15 is 0 Å². The van der Waals surface area contributed by atoms with Crippen LogP contribution < -0.4 is 10.0 Å². The maximum absolute atomic E-state index is 13.4. The summed E-state index contributed by atoms with van der Waals surface area (Å²) >= 11 is 0. The lowest BCUT2D eigenvalue weighted by molar-refractivity contribution is -0.124. The predicted molar refractivity (Wildman–Crippen MR) is 62.8 cm³/mol. The molecule has 98 valence electrons. The van der Waals surface area contributed by atoms with E-state index in [0.29, 0.717) is 19.4 Å². The molecule has 1 aromatic carbocycles. The molecule has 1 aromatic rings. The first-order valence-electron chi connectivity index (χ1n) is 5.55. The van der Waals surface area contributed by atoms with Crippen molar-refractivity contribution in [3.8, 4) is 0 Å². The number of benzene rings is 1. The Morgan fingerprint density at radius 1 is 1.33 bits per heavy atom. The van der Waals surface area contributed by atoms with Gasteiger partial charge in [0.15, 0.2) is 0 Å². The molecule has 0 spiro atoms.